The molecule has 17 heteroatoms. The van der Waals surface area contributed by atoms with Crippen LogP contribution in [-0.2, 0) is 38.1 Å². The summed E-state index contributed by atoms with van der Waals surface area (Å²) >= 11 is 0. The number of aliphatic carboxylic acids is 1. The van der Waals surface area contributed by atoms with Gasteiger partial charge in [-0.3, -0.25) is 4.10 Å². The van der Waals surface area contributed by atoms with Crippen LogP contribution in [0.25, 0.3) is 0 Å². The summed E-state index contributed by atoms with van der Waals surface area (Å²) in [6.07, 6.45) is 0. The highest BCUT2D eigenvalue weighted by Crippen LogP contribution is 2.31. The number of halogens is 2. The molecule has 0 aliphatic rings. The molecular formula is C10H20BF2NO11S2. The van der Waals surface area contributed by atoms with Crippen LogP contribution in [0.3, 0.4) is 0 Å². The predicted molar refractivity (Wildman–Crippen MR) is 83.0 cm³/mol. The number of rotatable bonds is 8. The molecule has 0 amide bonds. The summed E-state index contributed by atoms with van der Waals surface area (Å²) in [5.74, 6) is -5.67. The first kappa shape index (κ1) is 27.8. The van der Waals surface area contributed by atoms with Gasteiger partial charge in [-0.1, -0.05) is 0 Å². The second-order valence-electron chi connectivity index (χ2n) is 5.02. The van der Waals surface area contributed by atoms with Crippen molar-refractivity contribution in [3.8, 4) is 0 Å². The third-order valence-corrected chi connectivity index (χ3v) is 6.62. The van der Waals surface area contributed by atoms with Crippen LogP contribution in [0.5, 0.6) is 0 Å². The molecule has 27 heavy (non-hydrogen) atoms. The van der Waals surface area contributed by atoms with E-state index in [9.17, 15) is 40.3 Å². The summed E-state index contributed by atoms with van der Waals surface area (Å²) in [6.45, 7) is 10.5. The van der Waals surface area contributed by atoms with E-state index >= 15 is 0 Å². The van der Waals surface area contributed by atoms with Crippen molar-refractivity contribution in [3.05, 3.63) is 0 Å². The molecular weight excluding hydrogens is 423 g/mol. The molecule has 160 valence electrons. The number of hydrogen-bond donors (Lipinski definition) is 2. The molecule has 0 spiro atoms. The van der Waals surface area contributed by atoms with Gasteiger partial charge in [0.15, 0.2) is 5.97 Å². The SMILES string of the molecule is CC[N+](C)(CC)CC.O=C([O-])C(=O)OS(=O)(=O)C(F)(F)S(=O)(=O)OB(O)O. The quantitative estimate of drug-likeness (QED) is 0.168. The first-order chi connectivity index (χ1) is 11.9. The van der Waals surface area contributed by atoms with Gasteiger partial charge in [-0.15, -0.1) is 0 Å². The summed E-state index contributed by atoms with van der Waals surface area (Å²) in [5.41, 5.74) is 0. The third kappa shape index (κ3) is 8.02. The summed E-state index contributed by atoms with van der Waals surface area (Å²) in [5, 5.41) is 25.8. The molecule has 0 saturated heterocycles. The molecule has 0 fully saturated rings. The van der Waals surface area contributed by atoms with E-state index < -0.39 is 44.1 Å². The predicted octanol–water partition coefficient (Wildman–Crippen LogP) is -3.03. The maximum atomic E-state index is 12.9. The number of quaternary nitrogens is 1. The zero-order valence-electron chi connectivity index (χ0n) is 14.8. The van der Waals surface area contributed by atoms with Gasteiger partial charge in [-0.25, -0.2) is 4.79 Å². The van der Waals surface area contributed by atoms with E-state index in [-0.39, 0.29) is 0 Å². The zero-order valence-corrected chi connectivity index (χ0v) is 16.4. The minimum Gasteiger partial charge on any atom is -0.539 e. The first-order valence-corrected chi connectivity index (χ1v) is 9.94. The molecule has 0 aromatic carbocycles. The lowest BCUT2D eigenvalue weighted by Gasteiger charge is -2.30. The van der Waals surface area contributed by atoms with Gasteiger partial charge in [-0.05, 0) is 20.8 Å². The Kier molecular flexibility index (Phi) is 10.5. The number of carbonyl (C=O) groups excluding carboxylic acids is 2. The molecule has 0 aromatic rings. The molecule has 0 radical (unpaired) electrons. The van der Waals surface area contributed by atoms with Crippen LogP contribution in [0.2, 0.25) is 0 Å². The van der Waals surface area contributed by atoms with Crippen molar-refractivity contribution in [1.82, 2.24) is 0 Å². The normalized spacial score (nSPS) is 12.6. The smallest absolute Gasteiger partial charge is 0.539 e. The summed E-state index contributed by atoms with van der Waals surface area (Å²) in [4.78, 5) is 20.0. The number of carboxylic acid groups (broad SMARTS) is 1. The monoisotopic (exact) mass is 443 g/mol. The van der Waals surface area contributed by atoms with E-state index in [0.717, 1.165) is 0 Å². The largest absolute Gasteiger partial charge is 0.649 e. The van der Waals surface area contributed by atoms with Crippen molar-refractivity contribution in [1.29, 1.82) is 0 Å². The molecule has 0 unspecified atom stereocenters. The Morgan fingerprint density at radius 2 is 1.41 bits per heavy atom. The second kappa shape index (κ2) is 10.2. The maximum absolute atomic E-state index is 12.9. The fourth-order valence-corrected chi connectivity index (χ4v) is 3.07. The zero-order chi connectivity index (χ0) is 22.3. The minimum absolute atomic E-state index is 1.21. The standard InChI is InChI=1S/C7H18N.C3H3BF2O11S2/c1-5-8(4,6-2)7-3;5-3(6,19(14,15)17-4(10)11)18(12,13)16-2(9)1(7)8/h5-7H2,1-4H3;10-11H,(H,7,8)/q+1;/p-1. The van der Waals surface area contributed by atoms with Gasteiger partial charge >= 0.3 is 38.1 Å². The topological polar surface area (TPSA) is 184 Å². The van der Waals surface area contributed by atoms with E-state index in [4.69, 9.17) is 10.0 Å². The van der Waals surface area contributed by atoms with E-state index in [2.05, 4.69) is 36.1 Å². The first-order valence-electron chi connectivity index (χ1n) is 7.12. The van der Waals surface area contributed by atoms with Gasteiger partial charge in [0, 0.05) is 0 Å². The minimum atomic E-state index is -6.65. The fourth-order valence-electron chi connectivity index (χ4n) is 1.15. The van der Waals surface area contributed by atoms with Crippen LogP contribution in [0.4, 0.5) is 8.78 Å². The Morgan fingerprint density at radius 1 is 1.04 bits per heavy atom. The van der Waals surface area contributed by atoms with Crippen molar-refractivity contribution in [3.63, 3.8) is 0 Å². The average molecular weight is 443 g/mol. The van der Waals surface area contributed by atoms with Gasteiger partial charge in [0.2, 0.25) is 0 Å². The van der Waals surface area contributed by atoms with Crippen molar-refractivity contribution < 1.29 is 63.1 Å². The highest BCUT2D eigenvalue weighted by atomic mass is 32.3. The fraction of sp³-hybridized carbons (Fsp3) is 0.800. The number of hydrogen-bond acceptors (Lipinski definition) is 11. The molecule has 0 rings (SSSR count). The summed E-state index contributed by atoms with van der Waals surface area (Å²) in [7, 11) is -14.2. The number of alkyl halides is 2. The highest BCUT2D eigenvalue weighted by molar-refractivity contribution is 8.06. The molecule has 12 nitrogen and oxygen atoms in total. The lowest BCUT2D eigenvalue weighted by molar-refractivity contribution is -0.904. The molecule has 0 aliphatic carbocycles. The Labute approximate surface area is 155 Å². The third-order valence-electron chi connectivity index (χ3n) is 3.44. The van der Waals surface area contributed by atoms with Crippen LogP contribution >= 0.6 is 0 Å². The van der Waals surface area contributed by atoms with E-state index in [1.54, 1.807) is 0 Å². The van der Waals surface area contributed by atoms with Gasteiger partial charge in [0.25, 0.3) is 0 Å². The van der Waals surface area contributed by atoms with Crippen LogP contribution in [0.1, 0.15) is 20.8 Å². The van der Waals surface area contributed by atoms with Gasteiger partial charge in [0.05, 0.1) is 26.7 Å². The van der Waals surface area contributed by atoms with Gasteiger partial charge in [0.1, 0.15) is 0 Å². The summed E-state index contributed by atoms with van der Waals surface area (Å²) < 4.78 is 69.3. The molecule has 2 N–H and O–H groups in total. The molecule has 0 saturated carbocycles. The number of nitrogens with zero attached hydrogens (tertiary/aromatic N) is 1. The van der Waals surface area contributed by atoms with E-state index in [1.165, 1.54) is 24.1 Å². The average Bonchev–Trinajstić information content (AvgIpc) is 2.52. The summed E-state index contributed by atoms with van der Waals surface area (Å²) in [6, 6.07) is 0. The molecule has 0 atom stereocenters. The maximum Gasteiger partial charge on any atom is 0.649 e. The van der Waals surface area contributed by atoms with Crippen LogP contribution < -0.4 is 5.11 Å². The Bertz CT molecular complexity index is 711. The van der Waals surface area contributed by atoms with Gasteiger partial charge < -0.3 is 28.6 Å². The van der Waals surface area contributed by atoms with Crippen molar-refractivity contribution >= 4 is 39.5 Å². The molecule has 0 aromatic heterocycles. The molecule has 0 heterocycles. The lowest BCUT2D eigenvalue weighted by atomic mass is 10.3. The van der Waals surface area contributed by atoms with Crippen LogP contribution in [0.15, 0.2) is 0 Å². The lowest BCUT2D eigenvalue weighted by Crippen LogP contribution is -2.45. The van der Waals surface area contributed by atoms with E-state index in [1.807, 2.05) is 0 Å². The highest BCUT2D eigenvalue weighted by Gasteiger charge is 2.62. The Morgan fingerprint density at radius 3 is 1.63 bits per heavy atom. The Hall–Kier alpha value is -1.40. The molecule has 0 bridgehead atoms. The number of carbonyl (C=O) groups is 2. The Balaban J connectivity index is 0. The van der Waals surface area contributed by atoms with Crippen molar-refractivity contribution in [2.75, 3.05) is 26.7 Å². The number of carboxylic acids is 1. The second-order valence-corrected chi connectivity index (χ2v) is 8.48. The van der Waals surface area contributed by atoms with Crippen LogP contribution in [0, 0.1) is 0 Å². The van der Waals surface area contributed by atoms with Crippen molar-refractivity contribution in [2.45, 2.75) is 25.4 Å². The van der Waals surface area contributed by atoms with Crippen molar-refractivity contribution in [2.24, 2.45) is 0 Å². The van der Waals surface area contributed by atoms with Crippen LogP contribution in [-0.4, -0.2) is 81.9 Å². The van der Waals surface area contributed by atoms with Gasteiger partial charge in [-0.2, -0.15) is 25.6 Å². The molecule has 0 aliphatic heterocycles. The van der Waals surface area contributed by atoms with E-state index in [0.29, 0.717) is 0 Å².